The van der Waals surface area contributed by atoms with Crippen molar-refractivity contribution in [2.24, 2.45) is 0 Å². The molecule has 0 rings (SSSR count). The first-order valence-corrected chi connectivity index (χ1v) is 4.30. The van der Waals surface area contributed by atoms with E-state index in [0.717, 1.165) is 0 Å². The van der Waals surface area contributed by atoms with Gasteiger partial charge in [-0.2, -0.15) is 0 Å². The molecule has 0 radical (unpaired) electrons. The van der Waals surface area contributed by atoms with Crippen LogP contribution in [0.2, 0.25) is 0 Å². The summed E-state index contributed by atoms with van der Waals surface area (Å²) in [5.74, 6) is 0. The van der Waals surface area contributed by atoms with Crippen molar-refractivity contribution in [3.8, 4) is 0 Å². The maximum absolute atomic E-state index is 9.62. The molecule has 0 spiro atoms. The maximum atomic E-state index is 9.62. The van der Waals surface area contributed by atoms with Gasteiger partial charge in [0.05, 0.1) is 0 Å². The molecule has 4 N–H and O–H groups in total. The van der Waals surface area contributed by atoms with Crippen LogP contribution in [0.1, 0.15) is 2.85 Å². The van der Waals surface area contributed by atoms with Crippen LogP contribution < -0.4 is 59.1 Å². The molecule has 16 heavy (non-hydrogen) atoms. The Hall–Kier alpha value is 0.157. The summed E-state index contributed by atoms with van der Waals surface area (Å²) in [6, 6.07) is 0. The van der Waals surface area contributed by atoms with Gasteiger partial charge in [0.15, 0.2) is 0 Å². The zero-order valence-corrected chi connectivity index (χ0v) is 13.7. The van der Waals surface area contributed by atoms with Crippen LogP contribution in [0, 0.1) is 0 Å². The number of carboxylic acid groups (broad SMARTS) is 2. The van der Waals surface area contributed by atoms with Gasteiger partial charge in [-0.15, -0.1) is 0 Å². The molecule has 0 aliphatic carbocycles. The summed E-state index contributed by atoms with van der Waals surface area (Å²) in [6.07, 6.45) is -2.90. The Balaban J connectivity index is -0.0000000402. The molecule has 86 valence electrons. The summed E-state index contributed by atoms with van der Waals surface area (Å²) in [5.41, 5.74) is 0. The average molecular weight is 276 g/mol. The molecule has 12 heteroatoms. The quantitative estimate of drug-likeness (QED) is 0.224. The fraction of sp³-hybridized carbons (Fsp3) is 0.500. The molecule has 0 unspecified atom stereocenters. The van der Waals surface area contributed by atoms with Gasteiger partial charge in [0, 0.05) is 0 Å². The van der Waals surface area contributed by atoms with Crippen molar-refractivity contribution in [1.82, 2.24) is 0 Å². The molecular formula is C4H10Na2O9Si. The van der Waals surface area contributed by atoms with Crippen LogP contribution in [0.15, 0.2) is 0 Å². The minimum absolute atomic E-state index is 0. The van der Waals surface area contributed by atoms with Gasteiger partial charge in [-0.3, -0.25) is 4.46 Å². The first kappa shape index (κ1) is 25.1. The summed E-state index contributed by atoms with van der Waals surface area (Å²) in [4.78, 5) is 33.6. The third-order valence-corrected chi connectivity index (χ3v) is 0.534. The SMILES string of the molecule is O=C(O)OCCOC(=O)O.O=[Si](O)O.[H-].[H-].[Na+].[Na+]. The molecule has 0 fully saturated rings. The van der Waals surface area contributed by atoms with E-state index in [1.54, 1.807) is 0 Å². The van der Waals surface area contributed by atoms with Crippen molar-refractivity contribution in [3.63, 3.8) is 0 Å². The van der Waals surface area contributed by atoms with Crippen molar-refractivity contribution in [1.29, 1.82) is 0 Å². The van der Waals surface area contributed by atoms with Gasteiger partial charge in [-0.25, -0.2) is 9.59 Å². The Labute approximate surface area is 139 Å². The second-order valence-corrected chi connectivity index (χ2v) is 2.08. The fourth-order valence-corrected chi connectivity index (χ4v) is 0.258. The summed E-state index contributed by atoms with van der Waals surface area (Å²) in [5, 5.41) is 15.7. The topological polar surface area (TPSA) is 151 Å². The van der Waals surface area contributed by atoms with Gasteiger partial charge in [0.1, 0.15) is 13.2 Å². The molecule has 0 aromatic rings. The van der Waals surface area contributed by atoms with Gasteiger partial charge in [-0.05, 0) is 0 Å². The van der Waals surface area contributed by atoms with Crippen molar-refractivity contribution < 1.29 is 105 Å². The summed E-state index contributed by atoms with van der Waals surface area (Å²) in [7, 11) is -3.13. The predicted molar refractivity (Wildman–Crippen MR) is 41.1 cm³/mol. The number of carbonyl (C=O) groups is 2. The van der Waals surface area contributed by atoms with E-state index < -0.39 is 21.5 Å². The van der Waals surface area contributed by atoms with E-state index in [4.69, 9.17) is 24.3 Å². The van der Waals surface area contributed by atoms with Gasteiger partial charge in [-0.1, -0.05) is 0 Å². The minimum Gasteiger partial charge on any atom is -1.00 e. The van der Waals surface area contributed by atoms with Crippen molar-refractivity contribution in [3.05, 3.63) is 0 Å². The van der Waals surface area contributed by atoms with E-state index in [1.807, 2.05) is 0 Å². The molecule has 0 aromatic carbocycles. The normalized spacial score (nSPS) is 6.75. The van der Waals surface area contributed by atoms with Crippen LogP contribution in [-0.2, 0) is 13.9 Å². The van der Waals surface area contributed by atoms with Crippen LogP contribution in [0.25, 0.3) is 0 Å². The molecule has 0 heterocycles. The second-order valence-electron chi connectivity index (χ2n) is 1.51. The third-order valence-electron chi connectivity index (χ3n) is 0.534. The molecular weight excluding hydrogens is 266 g/mol. The molecule has 0 amide bonds. The van der Waals surface area contributed by atoms with Gasteiger partial charge < -0.3 is 32.1 Å². The smallest absolute Gasteiger partial charge is 1.00 e. The van der Waals surface area contributed by atoms with E-state index >= 15 is 0 Å². The van der Waals surface area contributed by atoms with Crippen LogP contribution in [0.3, 0.4) is 0 Å². The molecule has 0 aliphatic heterocycles. The zero-order valence-electron chi connectivity index (χ0n) is 10.7. The fourth-order valence-electron chi connectivity index (χ4n) is 0.258. The van der Waals surface area contributed by atoms with Crippen LogP contribution in [0.4, 0.5) is 9.59 Å². The molecule has 0 atom stereocenters. The van der Waals surface area contributed by atoms with E-state index in [1.165, 1.54) is 0 Å². The molecule has 0 aliphatic rings. The maximum Gasteiger partial charge on any atom is 1.00 e. The van der Waals surface area contributed by atoms with E-state index in [-0.39, 0.29) is 75.2 Å². The first-order chi connectivity index (χ1) is 6.36. The van der Waals surface area contributed by atoms with E-state index in [9.17, 15) is 9.59 Å². The van der Waals surface area contributed by atoms with Crippen LogP contribution in [-0.4, -0.2) is 54.5 Å². The number of rotatable bonds is 3. The molecule has 0 saturated carbocycles. The standard InChI is InChI=1S/C4H6O6.2Na.H2O3Si.2H/c5-3(6)9-1-2-10-4(7)8;;;1-4(2)3;;/h1-2H2,(H,5,6)(H,7,8);;;1-2H;;/q;2*+1;;2*-1. The van der Waals surface area contributed by atoms with Gasteiger partial charge in [0.25, 0.3) is 0 Å². The molecule has 0 bridgehead atoms. The molecule has 0 saturated heterocycles. The second kappa shape index (κ2) is 17.5. The Bertz CT molecular complexity index is 199. The number of hydrogen-bond acceptors (Lipinski definition) is 5. The summed E-state index contributed by atoms with van der Waals surface area (Å²) in [6.45, 7) is -0.552. The zero-order chi connectivity index (χ0) is 11.6. The summed E-state index contributed by atoms with van der Waals surface area (Å²) < 4.78 is 16.6. The van der Waals surface area contributed by atoms with Crippen molar-refractivity contribution in [2.45, 2.75) is 0 Å². The van der Waals surface area contributed by atoms with Crippen molar-refractivity contribution >= 4 is 21.5 Å². The van der Waals surface area contributed by atoms with Crippen molar-refractivity contribution in [2.75, 3.05) is 13.2 Å². The Morgan fingerprint density at radius 1 is 1.00 bits per heavy atom. The van der Waals surface area contributed by atoms with E-state index in [0.29, 0.717) is 0 Å². The first-order valence-electron chi connectivity index (χ1n) is 2.99. The van der Waals surface area contributed by atoms with Crippen LogP contribution >= 0.6 is 0 Å². The molecule has 9 nitrogen and oxygen atoms in total. The predicted octanol–water partition coefficient (Wildman–Crippen LogP) is -7.00. The average Bonchev–Trinajstić information content (AvgIpc) is 1.96. The Morgan fingerprint density at radius 3 is 1.31 bits per heavy atom. The third kappa shape index (κ3) is 47.8. The van der Waals surface area contributed by atoms with Crippen LogP contribution in [0.5, 0.6) is 0 Å². The van der Waals surface area contributed by atoms with Gasteiger partial charge >= 0.3 is 80.6 Å². The Kier molecular flexibility index (Phi) is 27.5. The summed E-state index contributed by atoms with van der Waals surface area (Å²) >= 11 is 0. The minimum atomic E-state index is -3.13. The Morgan fingerprint density at radius 2 is 1.19 bits per heavy atom. The van der Waals surface area contributed by atoms with E-state index in [2.05, 4.69) is 9.47 Å². The monoisotopic (exact) mass is 276 g/mol. The van der Waals surface area contributed by atoms with Gasteiger partial charge in [0.2, 0.25) is 0 Å². The molecule has 0 aromatic heterocycles. The largest absolute Gasteiger partial charge is 1.00 e. The number of ether oxygens (including phenoxy) is 2. The number of hydrogen-bond donors (Lipinski definition) is 4.